The molecule has 0 saturated carbocycles. The second kappa shape index (κ2) is 5.35. The standard InChI is InChI=1S/C13H16O2/c1-4-11-5-6-13(15-3)12(8-11)7-10(2)9-14/h5-9H,4H2,1-3H3/b10-7+. The molecule has 0 aliphatic heterocycles. The molecule has 1 rings (SSSR count). The Morgan fingerprint density at radius 2 is 2.20 bits per heavy atom. The van der Waals surface area contributed by atoms with E-state index in [1.165, 1.54) is 5.56 Å². The molecule has 0 N–H and O–H groups in total. The van der Waals surface area contributed by atoms with E-state index in [0.717, 1.165) is 24.0 Å². The van der Waals surface area contributed by atoms with Gasteiger partial charge in [0.15, 0.2) is 0 Å². The summed E-state index contributed by atoms with van der Waals surface area (Å²) in [5, 5.41) is 0. The summed E-state index contributed by atoms with van der Waals surface area (Å²) in [6.45, 7) is 3.88. The van der Waals surface area contributed by atoms with Crippen LogP contribution in [0, 0.1) is 0 Å². The Morgan fingerprint density at radius 3 is 2.73 bits per heavy atom. The fraction of sp³-hybridized carbons (Fsp3) is 0.308. The molecule has 0 aliphatic carbocycles. The number of ether oxygens (including phenoxy) is 1. The lowest BCUT2D eigenvalue weighted by molar-refractivity contribution is -0.104. The largest absolute Gasteiger partial charge is 0.496 e. The van der Waals surface area contributed by atoms with Crippen molar-refractivity contribution in [3.63, 3.8) is 0 Å². The molecule has 80 valence electrons. The van der Waals surface area contributed by atoms with Crippen LogP contribution >= 0.6 is 0 Å². The van der Waals surface area contributed by atoms with E-state index >= 15 is 0 Å². The minimum absolute atomic E-state index is 0.696. The molecule has 0 spiro atoms. The van der Waals surface area contributed by atoms with E-state index in [2.05, 4.69) is 6.92 Å². The van der Waals surface area contributed by atoms with Crippen LogP contribution in [0.3, 0.4) is 0 Å². The minimum Gasteiger partial charge on any atom is -0.496 e. The van der Waals surface area contributed by atoms with Crippen molar-refractivity contribution in [3.8, 4) is 5.75 Å². The first-order chi connectivity index (χ1) is 7.21. The van der Waals surface area contributed by atoms with Crippen LogP contribution in [0.15, 0.2) is 23.8 Å². The Hall–Kier alpha value is -1.57. The highest BCUT2D eigenvalue weighted by Gasteiger charge is 2.01. The van der Waals surface area contributed by atoms with E-state index in [0.29, 0.717) is 5.57 Å². The molecule has 0 aliphatic rings. The van der Waals surface area contributed by atoms with Gasteiger partial charge in [-0.2, -0.15) is 0 Å². The van der Waals surface area contributed by atoms with E-state index in [4.69, 9.17) is 4.74 Å². The van der Waals surface area contributed by atoms with Crippen molar-refractivity contribution in [2.75, 3.05) is 7.11 Å². The van der Waals surface area contributed by atoms with Gasteiger partial charge in [-0.1, -0.05) is 13.0 Å². The Labute approximate surface area is 90.6 Å². The average Bonchev–Trinajstić information content (AvgIpc) is 2.28. The monoisotopic (exact) mass is 204 g/mol. The predicted octanol–water partition coefficient (Wildman–Crippen LogP) is 2.86. The smallest absolute Gasteiger partial charge is 0.145 e. The molecule has 2 nitrogen and oxygen atoms in total. The second-order valence-electron chi connectivity index (χ2n) is 3.44. The lowest BCUT2D eigenvalue weighted by atomic mass is 10.1. The van der Waals surface area contributed by atoms with Crippen molar-refractivity contribution < 1.29 is 9.53 Å². The fourth-order valence-corrected chi connectivity index (χ4v) is 1.40. The van der Waals surface area contributed by atoms with Gasteiger partial charge < -0.3 is 4.74 Å². The van der Waals surface area contributed by atoms with Crippen LogP contribution in [-0.2, 0) is 11.2 Å². The van der Waals surface area contributed by atoms with Gasteiger partial charge >= 0.3 is 0 Å². The molecule has 0 amide bonds. The summed E-state index contributed by atoms with van der Waals surface area (Å²) < 4.78 is 5.23. The van der Waals surface area contributed by atoms with E-state index in [1.54, 1.807) is 14.0 Å². The molecule has 0 radical (unpaired) electrons. The quantitative estimate of drug-likeness (QED) is 0.557. The number of rotatable bonds is 4. The van der Waals surface area contributed by atoms with Crippen LogP contribution in [-0.4, -0.2) is 13.4 Å². The average molecular weight is 204 g/mol. The zero-order valence-electron chi connectivity index (χ0n) is 9.41. The van der Waals surface area contributed by atoms with Gasteiger partial charge in [-0.15, -0.1) is 0 Å². The van der Waals surface area contributed by atoms with Gasteiger partial charge in [0, 0.05) is 5.56 Å². The molecule has 0 aromatic heterocycles. The van der Waals surface area contributed by atoms with Gasteiger partial charge in [-0.3, -0.25) is 4.79 Å². The first-order valence-electron chi connectivity index (χ1n) is 5.01. The third-order valence-electron chi connectivity index (χ3n) is 2.27. The number of methoxy groups -OCH3 is 1. The summed E-state index contributed by atoms with van der Waals surface area (Å²) in [5.41, 5.74) is 2.89. The molecule has 0 atom stereocenters. The number of carbonyl (C=O) groups excluding carboxylic acids is 1. The van der Waals surface area contributed by atoms with Gasteiger partial charge in [0.05, 0.1) is 7.11 Å². The molecule has 0 saturated heterocycles. The molecular formula is C13H16O2. The molecule has 1 aromatic rings. The Balaban J connectivity index is 3.17. The molecule has 0 heterocycles. The second-order valence-corrected chi connectivity index (χ2v) is 3.44. The first kappa shape index (κ1) is 11.5. The third-order valence-corrected chi connectivity index (χ3v) is 2.27. The van der Waals surface area contributed by atoms with Crippen LogP contribution in [0.2, 0.25) is 0 Å². The highest BCUT2D eigenvalue weighted by atomic mass is 16.5. The van der Waals surface area contributed by atoms with Gasteiger partial charge in [-0.05, 0) is 42.7 Å². The number of carbonyl (C=O) groups is 1. The Morgan fingerprint density at radius 1 is 1.47 bits per heavy atom. The Kier molecular flexibility index (Phi) is 4.10. The van der Waals surface area contributed by atoms with E-state index in [1.807, 2.05) is 24.3 Å². The van der Waals surface area contributed by atoms with Crippen LogP contribution in [0.1, 0.15) is 25.0 Å². The van der Waals surface area contributed by atoms with Crippen LogP contribution in [0.25, 0.3) is 6.08 Å². The highest BCUT2D eigenvalue weighted by Crippen LogP contribution is 2.22. The zero-order chi connectivity index (χ0) is 11.3. The van der Waals surface area contributed by atoms with E-state index < -0.39 is 0 Å². The number of hydrogen-bond donors (Lipinski definition) is 0. The summed E-state index contributed by atoms with van der Waals surface area (Å²) in [5.74, 6) is 0.799. The molecule has 15 heavy (non-hydrogen) atoms. The van der Waals surface area contributed by atoms with E-state index in [9.17, 15) is 4.79 Å². The third kappa shape index (κ3) is 2.94. The van der Waals surface area contributed by atoms with Crippen LogP contribution in [0.4, 0.5) is 0 Å². The maximum atomic E-state index is 10.6. The number of aldehydes is 1. The summed E-state index contributed by atoms with van der Waals surface area (Å²) in [6, 6.07) is 6.01. The fourth-order valence-electron chi connectivity index (χ4n) is 1.40. The highest BCUT2D eigenvalue weighted by molar-refractivity contribution is 5.81. The van der Waals surface area contributed by atoms with Crippen molar-refractivity contribution in [3.05, 3.63) is 34.9 Å². The van der Waals surface area contributed by atoms with Gasteiger partial charge in [0.2, 0.25) is 0 Å². The van der Waals surface area contributed by atoms with Gasteiger partial charge in [-0.25, -0.2) is 0 Å². The SMILES string of the molecule is CCc1ccc(OC)c(/C=C(\C)C=O)c1. The van der Waals surface area contributed by atoms with Crippen LogP contribution in [0.5, 0.6) is 5.75 Å². The molecule has 1 aromatic carbocycles. The normalized spacial score (nSPS) is 11.3. The van der Waals surface area contributed by atoms with Crippen molar-refractivity contribution in [2.45, 2.75) is 20.3 Å². The Bertz CT molecular complexity index is 378. The van der Waals surface area contributed by atoms with Crippen LogP contribution < -0.4 is 4.74 Å². The van der Waals surface area contributed by atoms with Crippen molar-refractivity contribution >= 4 is 12.4 Å². The maximum Gasteiger partial charge on any atom is 0.145 e. The van der Waals surface area contributed by atoms with Gasteiger partial charge in [0.25, 0.3) is 0 Å². The molecule has 2 heteroatoms. The van der Waals surface area contributed by atoms with Crippen molar-refractivity contribution in [2.24, 2.45) is 0 Å². The lowest BCUT2D eigenvalue weighted by Crippen LogP contribution is -1.90. The number of benzene rings is 1. The predicted molar refractivity (Wildman–Crippen MR) is 62.1 cm³/mol. The maximum absolute atomic E-state index is 10.6. The summed E-state index contributed by atoms with van der Waals surface area (Å²) >= 11 is 0. The number of aryl methyl sites for hydroxylation is 1. The van der Waals surface area contributed by atoms with Crippen molar-refractivity contribution in [1.82, 2.24) is 0 Å². The summed E-state index contributed by atoms with van der Waals surface area (Å²) in [7, 11) is 1.63. The molecular weight excluding hydrogens is 188 g/mol. The summed E-state index contributed by atoms with van der Waals surface area (Å²) in [6.07, 6.45) is 3.66. The minimum atomic E-state index is 0.696. The number of allylic oxidation sites excluding steroid dienone is 1. The lowest BCUT2D eigenvalue weighted by Gasteiger charge is -2.07. The van der Waals surface area contributed by atoms with Gasteiger partial charge in [0.1, 0.15) is 12.0 Å². The first-order valence-corrected chi connectivity index (χ1v) is 5.01. The topological polar surface area (TPSA) is 26.3 Å². The summed E-state index contributed by atoms with van der Waals surface area (Å²) in [4.78, 5) is 10.6. The molecule has 0 unspecified atom stereocenters. The van der Waals surface area contributed by atoms with Crippen molar-refractivity contribution in [1.29, 1.82) is 0 Å². The molecule has 0 bridgehead atoms. The molecule has 0 fully saturated rings. The zero-order valence-corrected chi connectivity index (χ0v) is 9.41. The number of hydrogen-bond acceptors (Lipinski definition) is 2. The van der Waals surface area contributed by atoms with E-state index in [-0.39, 0.29) is 0 Å².